The summed E-state index contributed by atoms with van der Waals surface area (Å²) in [7, 11) is 0. The minimum Gasteiger partial charge on any atom is -0.488 e. The highest BCUT2D eigenvalue weighted by molar-refractivity contribution is 7.80. The van der Waals surface area contributed by atoms with Crippen molar-refractivity contribution in [2.45, 2.75) is 26.2 Å². The molecule has 0 aliphatic rings. The van der Waals surface area contributed by atoms with Gasteiger partial charge in [-0.15, -0.1) is 0 Å². The van der Waals surface area contributed by atoms with Gasteiger partial charge in [0.15, 0.2) is 16.7 Å². The Balaban J connectivity index is 2.70. The van der Waals surface area contributed by atoms with E-state index >= 15 is 0 Å². The highest BCUT2D eigenvalue weighted by Crippen LogP contribution is 2.27. The summed E-state index contributed by atoms with van der Waals surface area (Å²) in [5, 5.41) is 2.79. The van der Waals surface area contributed by atoms with E-state index in [1.54, 1.807) is 12.1 Å². The molecule has 0 atom stereocenters. The summed E-state index contributed by atoms with van der Waals surface area (Å²) in [6.07, 6.45) is 3.06. The quantitative estimate of drug-likeness (QED) is 0.606. The molecule has 0 saturated heterocycles. The van der Waals surface area contributed by atoms with E-state index in [0.717, 1.165) is 19.3 Å². The van der Waals surface area contributed by atoms with Crippen molar-refractivity contribution in [3.05, 3.63) is 24.0 Å². The van der Waals surface area contributed by atoms with Gasteiger partial charge in [0.05, 0.1) is 12.3 Å². The second kappa shape index (κ2) is 7.06. The SMILES string of the molecule is CCCCCOc1c(F)cccc1NC(N)=S. The number of thiocarbonyl (C=S) groups is 1. The molecule has 0 heterocycles. The highest BCUT2D eigenvalue weighted by atomic mass is 32.1. The second-order valence-corrected chi connectivity index (χ2v) is 4.10. The van der Waals surface area contributed by atoms with Crippen molar-refractivity contribution in [1.82, 2.24) is 0 Å². The Morgan fingerprint density at radius 1 is 1.47 bits per heavy atom. The molecule has 0 radical (unpaired) electrons. The van der Waals surface area contributed by atoms with E-state index < -0.39 is 5.82 Å². The molecule has 0 bridgehead atoms. The van der Waals surface area contributed by atoms with Crippen LogP contribution < -0.4 is 15.8 Å². The molecule has 0 saturated carbocycles. The minimum atomic E-state index is -0.414. The van der Waals surface area contributed by atoms with Crippen LogP contribution in [0.4, 0.5) is 10.1 Å². The normalized spacial score (nSPS) is 10.0. The Morgan fingerprint density at radius 3 is 2.88 bits per heavy atom. The van der Waals surface area contributed by atoms with E-state index in [0.29, 0.717) is 12.3 Å². The average molecular weight is 256 g/mol. The van der Waals surface area contributed by atoms with Gasteiger partial charge in [0.2, 0.25) is 0 Å². The molecule has 0 aromatic heterocycles. The van der Waals surface area contributed by atoms with E-state index in [1.807, 2.05) is 0 Å². The van der Waals surface area contributed by atoms with Crippen LogP contribution in [0.5, 0.6) is 5.75 Å². The van der Waals surface area contributed by atoms with Crippen molar-refractivity contribution in [3.8, 4) is 5.75 Å². The van der Waals surface area contributed by atoms with Crippen molar-refractivity contribution < 1.29 is 9.13 Å². The van der Waals surface area contributed by atoms with Gasteiger partial charge in [-0.3, -0.25) is 0 Å². The zero-order valence-electron chi connectivity index (χ0n) is 9.83. The summed E-state index contributed by atoms with van der Waals surface area (Å²) in [4.78, 5) is 0. The van der Waals surface area contributed by atoms with E-state index in [9.17, 15) is 4.39 Å². The summed E-state index contributed by atoms with van der Waals surface area (Å²) >= 11 is 4.72. The second-order valence-electron chi connectivity index (χ2n) is 3.66. The lowest BCUT2D eigenvalue weighted by atomic mass is 10.2. The van der Waals surface area contributed by atoms with E-state index in [-0.39, 0.29) is 10.9 Å². The fraction of sp³-hybridized carbons (Fsp3) is 0.417. The van der Waals surface area contributed by atoms with Crippen LogP contribution in [-0.2, 0) is 0 Å². The van der Waals surface area contributed by atoms with Crippen LogP contribution in [0.2, 0.25) is 0 Å². The topological polar surface area (TPSA) is 47.3 Å². The van der Waals surface area contributed by atoms with Gasteiger partial charge < -0.3 is 15.8 Å². The Labute approximate surface area is 106 Å². The van der Waals surface area contributed by atoms with Crippen LogP contribution in [0.25, 0.3) is 0 Å². The number of halogens is 1. The Hall–Kier alpha value is -1.36. The summed E-state index contributed by atoms with van der Waals surface area (Å²) in [6, 6.07) is 4.60. The summed E-state index contributed by atoms with van der Waals surface area (Å²) in [5.41, 5.74) is 5.83. The van der Waals surface area contributed by atoms with Crippen LogP contribution in [-0.4, -0.2) is 11.7 Å². The van der Waals surface area contributed by atoms with Gasteiger partial charge in [-0.2, -0.15) is 0 Å². The predicted molar refractivity (Wildman–Crippen MR) is 71.8 cm³/mol. The van der Waals surface area contributed by atoms with Gasteiger partial charge in [-0.1, -0.05) is 25.8 Å². The van der Waals surface area contributed by atoms with Crippen LogP contribution in [0.15, 0.2) is 18.2 Å². The maximum atomic E-state index is 13.6. The molecule has 1 rings (SSSR count). The first-order valence-electron chi connectivity index (χ1n) is 5.63. The van der Waals surface area contributed by atoms with Crippen molar-refractivity contribution in [1.29, 1.82) is 0 Å². The molecule has 0 unspecified atom stereocenters. The highest BCUT2D eigenvalue weighted by Gasteiger charge is 2.09. The molecule has 1 aromatic carbocycles. The number of unbranched alkanes of at least 4 members (excludes halogenated alkanes) is 2. The maximum Gasteiger partial charge on any atom is 0.178 e. The van der Waals surface area contributed by atoms with Crippen LogP contribution in [0, 0.1) is 5.82 Å². The Morgan fingerprint density at radius 2 is 2.24 bits per heavy atom. The molecule has 3 N–H and O–H groups in total. The van der Waals surface area contributed by atoms with Gasteiger partial charge in [-0.05, 0) is 30.8 Å². The Kier molecular flexibility index (Phi) is 5.69. The number of hydrogen-bond acceptors (Lipinski definition) is 2. The minimum absolute atomic E-state index is 0.0917. The third kappa shape index (κ3) is 4.56. The zero-order chi connectivity index (χ0) is 12.7. The van der Waals surface area contributed by atoms with Crippen molar-refractivity contribution >= 4 is 23.0 Å². The Bertz CT molecular complexity index is 385. The summed E-state index contributed by atoms with van der Waals surface area (Å²) < 4.78 is 19.0. The van der Waals surface area contributed by atoms with Gasteiger partial charge in [0, 0.05) is 0 Å². The van der Waals surface area contributed by atoms with E-state index in [4.69, 9.17) is 22.7 Å². The maximum absolute atomic E-state index is 13.6. The molecule has 0 aliphatic carbocycles. The fourth-order valence-electron chi connectivity index (χ4n) is 1.41. The third-order valence-electron chi connectivity index (χ3n) is 2.22. The number of para-hydroxylation sites is 1. The van der Waals surface area contributed by atoms with Gasteiger partial charge in [0.25, 0.3) is 0 Å². The number of hydrogen-bond donors (Lipinski definition) is 2. The predicted octanol–water partition coefficient (Wildman–Crippen LogP) is 3.05. The first-order valence-corrected chi connectivity index (χ1v) is 6.03. The number of ether oxygens (including phenoxy) is 1. The average Bonchev–Trinajstić information content (AvgIpc) is 2.26. The third-order valence-corrected chi connectivity index (χ3v) is 2.32. The number of benzene rings is 1. The number of nitrogens with two attached hydrogens (primary N) is 1. The lowest BCUT2D eigenvalue weighted by Crippen LogP contribution is -2.19. The largest absolute Gasteiger partial charge is 0.488 e. The molecule has 5 heteroatoms. The van der Waals surface area contributed by atoms with Crippen molar-refractivity contribution in [2.75, 3.05) is 11.9 Å². The fourth-order valence-corrected chi connectivity index (χ4v) is 1.52. The molecule has 0 fully saturated rings. The number of nitrogens with one attached hydrogen (secondary N) is 1. The van der Waals surface area contributed by atoms with Crippen molar-refractivity contribution in [2.24, 2.45) is 5.73 Å². The molecule has 94 valence electrons. The molecular formula is C12H17FN2OS. The van der Waals surface area contributed by atoms with E-state index in [1.165, 1.54) is 6.07 Å². The molecule has 1 aromatic rings. The molecular weight excluding hydrogens is 239 g/mol. The lowest BCUT2D eigenvalue weighted by Gasteiger charge is -2.12. The van der Waals surface area contributed by atoms with Gasteiger partial charge in [-0.25, -0.2) is 4.39 Å². The standard InChI is InChI=1S/C12H17FN2OS/c1-2-3-4-8-16-11-9(13)6-5-7-10(11)15-12(14)17/h5-7H,2-4,8H2,1H3,(H3,14,15,17). The van der Waals surface area contributed by atoms with Gasteiger partial charge in [0.1, 0.15) is 0 Å². The molecule has 0 amide bonds. The molecule has 3 nitrogen and oxygen atoms in total. The molecule has 17 heavy (non-hydrogen) atoms. The smallest absolute Gasteiger partial charge is 0.178 e. The van der Waals surface area contributed by atoms with Crippen molar-refractivity contribution in [3.63, 3.8) is 0 Å². The monoisotopic (exact) mass is 256 g/mol. The summed E-state index contributed by atoms with van der Waals surface area (Å²) in [6.45, 7) is 2.59. The van der Waals surface area contributed by atoms with Crippen LogP contribution in [0.3, 0.4) is 0 Å². The molecule has 0 spiro atoms. The van der Waals surface area contributed by atoms with Crippen LogP contribution >= 0.6 is 12.2 Å². The molecule has 0 aliphatic heterocycles. The van der Waals surface area contributed by atoms with E-state index in [2.05, 4.69) is 12.2 Å². The first kappa shape index (κ1) is 13.7. The first-order chi connectivity index (χ1) is 8.15. The number of rotatable bonds is 6. The lowest BCUT2D eigenvalue weighted by molar-refractivity contribution is 0.293. The summed E-state index contributed by atoms with van der Waals surface area (Å²) in [5.74, 6) is -0.237. The zero-order valence-corrected chi connectivity index (χ0v) is 10.6. The van der Waals surface area contributed by atoms with Crippen LogP contribution in [0.1, 0.15) is 26.2 Å². The van der Waals surface area contributed by atoms with Gasteiger partial charge >= 0.3 is 0 Å². The number of anilines is 1.